The van der Waals surface area contributed by atoms with Crippen LogP contribution in [-0.2, 0) is 0 Å². The number of nitrogens with zero attached hydrogens (tertiary/aromatic N) is 2. The van der Waals surface area contributed by atoms with Gasteiger partial charge in [0.05, 0.1) is 0 Å². The molecule has 0 spiro atoms. The van der Waals surface area contributed by atoms with E-state index in [-0.39, 0.29) is 29.4 Å². The van der Waals surface area contributed by atoms with Crippen molar-refractivity contribution in [3.8, 4) is 0 Å². The molecule has 4 heteroatoms. The predicted octanol–water partition coefficient (Wildman–Crippen LogP) is 3.48. The summed E-state index contributed by atoms with van der Waals surface area (Å²) in [4.78, 5) is 6.82. The molecule has 0 saturated carbocycles. The molecule has 108 valence electrons. The molecule has 0 aliphatic carbocycles. The molecule has 0 bridgehead atoms. The van der Waals surface area contributed by atoms with Crippen molar-refractivity contribution in [2.75, 3.05) is 19.6 Å². The number of likely N-dealkylation sites (tertiary alicyclic amines) is 1. The Morgan fingerprint density at radius 1 is 1.22 bits per heavy atom. The summed E-state index contributed by atoms with van der Waals surface area (Å²) >= 11 is 0. The molecule has 18 heavy (non-hydrogen) atoms. The third-order valence-electron chi connectivity index (χ3n) is 3.31. The zero-order valence-corrected chi connectivity index (χ0v) is 14.7. The van der Waals surface area contributed by atoms with Crippen LogP contribution in [0.15, 0.2) is 4.99 Å². The molecule has 1 aliphatic heterocycles. The van der Waals surface area contributed by atoms with Crippen LogP contribution in [-0.4, -0.2) is 30.5 Å². The van der Waals surface area contributed by atoms with E-state index in [1.165, 1.54) is 25.7 Å². The van der Waals surface area contributed by atoms with Gasteiger partial charge in [-0.15, -0.1) is 24.0 Å². The highest BCUT2D eigenvalue weighted by atomic mass is 127. The zero-order valence-electron chi connectivity index (χ0n) is 12.4. The minimum Gasteiger partial charge on any atom is -0.370 e. The molecular formula is C14H30IN3. The molecule has 1 saturated heterocycles. The van der Waals surface area contributed by atoms with E-state index in [9.17, 15) is 0 Å². The maximum absolute atomic E-state index is 6.06. The highest BCUT2D eigenvalue weighted by Crippen LogP contribution is 2.25. The van der Waals surface area contributed by atoms with Gasteiger partial charge in [0, 0.05) is 19.6 Å². The fourth-order valence-electron chi connectivity index (χ4n) is 2.69. The summed E-state index contributed by atoms with van der Waals surface area (Å²) in [6.45, 7) is 12.1. The van der Waals surface area contributed by atoms with Crippen LogP contribution in [0.4, 0.5) is 0 Å². The summed E-state index contributed by atoms with van der Waals surface area (Å²) in [5, 5.41) is 0. The molecule has 0 radical (unpaired) electrons. The third-order valence-corrected chi connectivity index (χ3v) is 3.31. The molecule has 0 aromatic carbocycles. The maximum Gasteiger partial charge on any atom is 0.191 e. The summed E-state index contributed by atoms with van der Waals surface area (Å²) in [5.74, 6) is 1.47. The minimum absolute atomic E-state index is 0. The Labute approximate surface area is 130 Å². The van der Waals surface area contributed by atoms with Gasteiger partial charge in [-0.25, -0.2) is 0 Å². The van der Waals surface area contributed by atoms with Crippen molar-refractivity contribution in [2.24, 2.45) is 22.1 Å². The molecular weight excluding hydrogens is 337 g/mol. The Hall–Kier alpha value is 0. The van der Waals surface area contributed by atoms with Crippen LogP contribution in [0.2, 0.25) is 0 Å². The standard InChI is InChI=1S/C14H29N3.HI/c1-12(2)10-14(3,4)11-16-13(15)17-8-6-5-7-9-17;/h12H,5-11H2,1-4H3,(H2,15,16);1H. The topological polar surface area (TPSA) is 41.6 Å². The first kappa shape index (κ1) is 18.0. The molecule has 0 amide bonds. The summed E-state index contributed by atoms with van der Waals surface area (Å²) < 4.78 is 0. The van der Waals surface area contributed by atoms with Crippen molar-refractivity contribution >= 4 is 29.9 Å². The normalized spacial score (nSPS) is 17.8. The molecule has 1 fully saturated rings. The van der Waals surface area contributed by atoms with Crippen molar-refractivity contribution in [1.82, 2.24) is 4.90 Å². The van der Waals surface area contributed by atoms with Gasteiger partial charge in [0.1, 0.15) is 0 Å². The first-order valence-corrected chi connectivity index (χ1v) is 6.95. The number of piperidine rings is 1. The van der Waals surface area contributed by atoms with Crippen LogP contribution in [0.5, 0.6) is 0 Å². The Balaban J connectivity index is 0.00000289. The van der Waals surface area contributed by atoms with E-state index >= 15 is 0 Å². The highest BCUT2D eigenvalue weighted by molar-refractivity contribution is 14.0. The fraction of sp³-hybridized carbons (Fsp3) is 0.929. The van der Waals surface area contributed by atoms with Crippen molar-refractivity contribution in [3.05, 3.63) is 0 Å². The predicted molar refractivity (Wildman–Crippen MR) is 90.6 cm³/mol. The van der Waals surface area contributed by atoms with E-state index < -0.39 is 0 Å². The fourth-order valence-corrected chi connectivity index (χ4v) is 2.69. The second-order valence-electron chi connectivity index (χ2n) is 6.48. The molecule has 0 atom stereocenters. The van der Waals surface area contributed by atoms with Crippen molar-refractivity contribution in [3.63, 3.8) is 0 Å². The number of aliphatic imine (C=N–C) groups is 1. The summed E-state index contributed by atoms with van der Waals surface area (Å²) in [6.07, 6.45) is 5.05. The van der Waals surface area contributed by atoms with Crippen molar-refractivity contribution < 1.29 is 0 Å². The molecule has 0 unspecified atom stereocenters. The van der Waals surface area contributed by atoms with Crippen LogP contribution in [0.1, 0.15) is 53.4 Å². The summed E-state index contributed by atoms with van der Waals surface area (Å²) in [6, 6.07) is 0. The van der Waals surface area contributed by atoms with E-state index in [1.807, 2.05) is 0 Å². The maximum atomic E-state index is 6.06. The largest absolute Gasteiger partial charge is 0.370 e. The summed E-state index contributed by atoms with van der Waals surface area (Å²) in [7, 11) is 0. The number of hydrogen-bond donors (Lipinski definition) is 1. The lowest BCUT2D eigenvalue weighted by Crippen LogP contribution is -2.41. The number of halogens is 1. The van der Waals surface area contributed by atoms with E-state index in [4.69, 9.17) is 5.73 Å². The first-order chi connectivity index (χ1) is 7.91. The molecule has 1 heterocycles. The van der Waals surface area contributed by atoms with Crippen LogP contribution in [0.25, 0.3) is 0 Å². The van der Waals surface area contributed by atoms with Gasteiger partial charge in [0.15, 0.2) is 5.96 Å². The Bertz CT molecular complexity index is 256. The van der Waals surface area contributed by atoms with Crippen molar-refractivity contribution in [2.45, 2.75) is 53.4 Å². The first-order valence-electron chi connectivity index (χ1n) is 6.95. The monoisotopic (exact) mass is 367 g/mol. The smallest absolute Gasteiger partial charge is 0.191 e. The van der Waals surface area contributed by atoms with Gasteiger partial charge < -0.3 is 10.6 Å². The lowest BCUT2D eigenvalue weighted by Gasteiger charge is -2.29. The van der Waals surface area contributed by atoms with Crippen LogP contribution < -0.4 is 5.73 Å². The Morgan fingerprint density at radius 3 is 2.28 bits per heavy atom. The second kappa shape index (κ2) is 8.23. The molecule has 2 N–H and O–H groups in total. The lowest BCUT2D eigenvalue weighted by atomic mass is 9.84. The van der Waals surface area contributed by atoms with Crippen molar-refractivity contribution in [1.29, 1.82) is 0 Å². The number of guanidine groups is 1. The number of hydrogen-bond acceptors (Lipinski definition) is 1. The van der Waals surface area contributed by atoms with E-state index in [0.717, 1.165) is 31.5 Å². The number of nitrogens with two attached hydrogens (primary N) is 1. The Kier molecular flexibility index (Phi) is 8.23. The van der Waals surface area contributed by atoms with Gasteiger partial charge in [-0.2, -0.15) is 0 Å². The van der Waals surface area contributed by atoms with Gasteiger partial charge in [0.25, 0.3) is 0 Å². The van der Waals surface area contributed by atoms with Gasteiger partial charge in [-0.3, -0.25) is 4.99 Å². The van der Waals surface area contributed by atoms with Gasteiger partial charge in [-0.05, 0) is 37.0 Å². The minimum atomic E-state index is 0. The molecule has 0 aromatic rings. The highest BCUT2D eigenvalue weighted by Gasteiger charge is 2.20. The van der Waals surface area contributed by atoms with Gasteiger partial charge in [0.2, 0.25) is 0 Å². The van der Waals surface area contributed by atoms with E-state index in [1.54, 1.807) is 0 Å². The van der Waals surface area contributed by atoms with E-state index in [2.05, 4.69) is 37.6 Å². The van der Waals surface area contributed by atoms with Crippen LogP contribution in [0, 0.1) is 11.3 Å². The summed E-state index contributed by atoms with van der Waals surface area (Å²) in [5.41, 5.74) is 6.32. The zero-order chi connectivity index (χ0) is 12.9. The van der Waals surface area contributed by atoms with Gasteiger partial charge >= 0.3 is 0 Å². The SMILES string of the molecule is CC(C)CC(C)(C)CN=C(N)N1CCCCC1.I. The van der Waals surface area contributed by atoms with Crippen LogP contribution in [0.3, 0.4) is 0 Å². The van der Waals surface area contributed by atoms with Crippen LogP contribution >= 0.6 is 24.0 Å². The Morgan fingerprint density at radius 2 is 1.78 bits per heavy atom. The third kappa shape index (κ3) is 6.81. The molecule has 1 aliphatic rings. The average Bonchev–Trinajstić information content (AvgIpc) is 2.25. The quantitative estimate of drug-likeness (QED) is 0.470. The average molecular weight is 367 g/mol. The van der Waals surface area contributed by atoms with E-state index in [0.29, 0.717) is 0 Å². The molecule has 1 rings (SSSR count). The lowest BCUT2D eigenvalue weighted by molar-refractivity contribution is 0.293. The second-order valence-corrected chi connectivity index (χ2v) is 6.48. The molecule has 3 nitrogen and oxygen atoms in total. The number of rotatable bonds is 4. The molecule has 0 aromatic heterocycles. The van der Waals surface area contributed by atoms with Gasteiger partial charge in [-0.1, -0.05) is 27.7 Å².